The Hall–Kier alpha value is -0.820. The van der Waals surface area contributed by atoms with Crippen LogP contribution in [0.1, 0.15) is 63.0 Å². The first kappa shape index (κ1) is 14.1. The average Bonchev–Trinajstić information content (AvgIpc) is 2.87. The van der Waals surface area contributed by atoms with E-state index in [1.54, 1.807) is 5.56 Å². The highest BCUT2D eigenvalue weighted by molar-refractivity contribution is 5.38. The first-order valence-corrected chi connectivity index (χ1v) is 8.47. The zero-order valence-electron chi connectivity index (χ0n) is 13.2. The SMILES string of the molecule is CCCNCC1(c2ccccc2C)CC2(CCCC2)C1. The first-order valence-electron chi connectivity index (χ1n) is 8.47. The summed E-state index contributed by atoms with van der Waals surface area (Å²) in [5.41, 5.74) is 4.22. The lowest BCUT2D eigenvalue weighted by atomic mass is 9.49. The van der Waals surface area contributed by atoms with Crippen LogP contribution in [0.5, 0.6) is 0 Å². The van der Waals surface area contributed by atoms with Gasteiger partial charge < -0.3 is 5.32 Å². The summed E-state index contributed by atoms with van der Waals surface area (Å²) in [5.74, 6) is 0. The van der Waals surface area contributed by atoms with Crippen LogP contribution in [-0.2, 0) is 5.41 Å². The van der Waals surface area contributed by atoms with E-state index in [4.69, 9.17) is 0 Å². The van der Waals surface area contributed by atoms with Gasteiger partial charge in [0.2, 0.25) is 0 Å². The number of nitrogens with one attached hydrogen (secondary N) is 1. The standard InChI is InChI=1S/C19H29N/c1-3-12-20-15-19(17-9-5-4-8-16(17)2)13-18(14-19)10-6-7-11-18/h4-5,8-9,20H,3,6-7,10-15H2,1-2H3. The molecule has 0 radical (unpaired) electrons. The summed E-state index contributed by atoms with van der Waals surface area (Å²) >= 11 is 0. The van der Waals surface area contributed by atoms with Gasteiger partial charge in [0.1, 0.15) is 0 Å². The van der Waals surface area contributed by atoms with Gasteiger partial charge in [0, 0.05) is 12.0 Å². The molecule has 2 saturated carbocycles. The molecule has 0 bridgehead atoms. The number of hydrogen-bond acceptors (Lipinski definition) is 1. The predicted octanol–water partition coefficient (Wildman–Crippen LogP) is 4.59. The van der Waals surface area contributed by atoms with Crippen LogP contribution in [-0.4, -0.2) is 13.1 Å². The topological polar surface area (TPSA) is 12.0 Å². The lowest BCUT2D eigenvalue weighted by molar-refractivity contribution is 0.0267. The summed E-state index contributed by atoms with van der Waals surface area (Å²) in [6.07, 6.45) is 9.96. The van der Waals surface area contributed by atoms with Crippen molar-refractivity contribution >= 4 is 0 Å². The zero-order chi connectivity index (χ0) is 14.1. The van der Waals surface area contributed by atoms with E-state index in [-0.39, 0.29) is 0 Å². The van der Waals surface area contributed by atoms with Gasteiger partial charge >= 0.3 is 0 Å². The van der Waals surface area contributed by atoms with Gasteiger partial charge in [-0.25, -0.2) is 0 Å². The zero-order valence-corrected chi connectivity index (χ0v) is 13.2. The number of benzene rings is 1. The van der Waals surface area contributed by atoms with E-state index < -0.39 is 0 Å². The van der Waals surface area contributed by atoms with Crippen molar-refractivity contribution in [2.45, 2.75) is 64.2 Å². The van der Waals surface area contributed by atoms with Crippen LogP contribution in [0.2, 0.25) is 0 Å². The van der Waals surface area contributed by atoms with Crippen molar-refractivity contribution in [3.05, 3.63) is 35.4 Å². The first-order chi connectivity index (χ1) is 9.70. The molecule has 1 spiro atoms. The molecule has 0 aliphatic heterocycles. The molecule has 0 aromatic heterocycles. The molecule has 110 valence electrons. The average molecular weight is 271 g/mol. The Morgan fingerprint density at radius 2 is 1.80 bits per heavy atom. The van der Waals surface area contributed by atoms with Crippen molar-refractivity contribution in [1.82, 2.24) is 5.32 Å². The summed E-state index contributed by atoms with van der Waals surface area (Å²) in [7, 11) is 0. The van der Waals surface area contributed by atoms with Gasteiger partial charge in [0.15, 0.2) is 0 Å². The Bertz CT molecular complexity index is 449. The second kappa shape index (κ2) is 5.52. The molecule has 1 N–H and O–H groups in total. The molecular formula is C19H29N. The normalized spacial score (nSPS) is 22.9. The van der Waals surface area contributed by atoms with Gasteiger partial charge in [-0.2, -0.15) is 0 Å². The second-order valence-corrected chi connectivity index (χ2v) is 7.33. The van der Waals surface area contributed by atoms with Crippen LogP contribution < -0.4 is 5.32 Å². The highest BCUT2D eigenvalue weighted by Crippen LogP contribution is 2.63. The fraction of sp³-hybridized carbons (Fsp3) is 0.684. The van der Waals surface area contributed by atoms with E-state index in [1.165, 1.54) is 57.1 Å². The summed E-state index contributed by atoms with van der Waals surface area (Å²) in [6, 6.07) is 9.07. The van der Waals surface area contributed by atoms with Crippen molar-refractivity contribution in [2.24, 2.45) is 5.41 Å². The third-order valence-electron chi connectivity index (χ3n) is 5.70. The third-order valence-corrected chi connectivity index (χ3v) is 5.70. The Labute approximate surface area is 124 Å². The molecule has 0 unspecified atom stereocenters. The van der Waals surface area contributed by atoms with Gasteiger partial charge in [-0.05, 0) is 62.1 Å². The fourth-order valence-electron chi connectivity index (χ4n) is 4.95. The predicted molar refractivity (Wildman–Crippen MR) is 86.2 cm³/mol. The monoisotopic (exact) mass is 271 g/mol. The molecule has 0 atom stereocenters. The largest absolute Gasteiger partial charge is 0.316 e. The van der Waals surface area contributed by atoms with Crippen LogP contribution in [0, 0.1) is 12.3 Å². The van der Waals surface area contributed by atoms with Crippen LogP contribution in [0.3, 0.4) is 0 Å². The second-order valence-electron chi connectivity index (χ2n) is 7.33. The van der Waals surface area contributed by atoms with Crippen molar-refractivity contribution in [2.75, 3.05) is 13.1 Å². The van der Waals surface area contributed by atoms with Gasteiger partial charge in [-0.15, -0.1) is 0 Å². The maximum atomic E-state index is 3.71. The summed E-state index contributed by atoms with van der Waals surface area (Å²) in [6.45, 7) is 6.87. The van der Waals surface area contributed by atoms with Gasteiger partial charge in [0.05, 0.1) is 0 Å². The number of rotatable bonds is 5. The Morgan fingerprint density at radius 3 is 2.45 bits per heavy atom. The summed E-state index contributed by atoms with van der Waals surface area (Å²) in [4.78, 5) is 0. The smallest absolute Gasteiger partial charge is 0.00909 e. The lowest BCUT2D eigenvalue weighted by Gasteiger charge is -2.56. The number of aryl methyl sites for hydroxylation is 1. The molecule has 1 aromatic rings. The van der Waals surface area contributed by atoms with Crippen molar-refractivity contribution in [3.63, 3.8) is 0 Å². The van der Waals surface area contributed by atoms with Gasteiger partial charge in [-0.3, -0.25) is 0 Å². The van der Waals surface area contributed by atoms with Crippen molar-refractivity contribution < 1.29 is 0 Å². The maximum absolute atomic E-state index is 3.71. The Morgan fingerprint density at radius 1 is 1.10 bits per heavy atom. The minimum atomic E-state index is 0.421. The van der Waals surface area contributed by atoms with E-state index in [1.807, 2.05) is 0 Å². The van der Waals surface area contributed by atoms with Gasteiger partial charge in [-0.1, -0.05) is 44.0 Å². The Balaban J connectivity index is 1.80. The lowest BCUT2D eigenvalue weighted by Crippen LogP contribution is -2.54. The highest BCUT2D eigenvalue weighted by atomic mass is 14.9. The quantitative estimate of drug-likeness (QED) is 0.773. The third kappa shape index (κ3) is 2.41. The minimum absolute atomic E-state index is 0.421. The van der Waals surface area contributed by atoms with Gasteiger partial charge in [0.25, 0.3) is 0 Å². The maximum Gasteiger partial charge on any atom is 0.00909 e. The summed E-state index contributed by atoms with van der Waals surface area (Å²) < 4.78 is 0. The minimum Gasteiger partial charge on any atom is -0.316 e. The van der Waals surface area contributed by atoms with E-state index in [9.17, 15) is 0 Å². The molecule has 20 heavy (non-hydrogen) atoms. The molecule has 3 rings (SSSR count). The molecule has 1 aromatic carbocycles. The fourth-order valence-corrected chi connectivity index (χ4v) is 4.95. The molecular weight excluding hydrogens is 242 g/mol. The molecule has 2 aliphatic rings. The van der Waals surface area contributed by atoms with E-state index in [2.05, 4.69) is 43.4 Å². The van der Waals surface area contributed by atoms with E-state index >= 15 is 0 Å². The van der Waals surface area contributed by atoms with Crippen LogP contribution >= 0.6 is 0 Å². The number of hydrogen-bond donors (Lipinski definition) is 1. The van der Waals surface area contributed by atoms with E-state index in [0.29, 0.717) is 10.8 Å². The molecule has 1 nitrogen and oxygen atoms in total. The summed E-state index contributed by atoms with van der Waals surface area (Å²) in [5, 5.41) is 3.71. The van der Waals surface area contributed by atoms with E-state index in [0.717, 1.165) is 6.54 Å². The molecule has 2 aliphatic carbocycles. The highest BCUT2D eigenvalue weighted by Gasteiger charge is 2.55. The molecule has 1 heteroatoms. The molecule has 0 heterocycles. The van der Waals surface area contributed by atoms with Crippen LogP contribution in [0.25, 0.3) is 0 Å². The van der Waals surface area contributed by atoms with Crippen molar-refractivity contribution in [3.8, 4) is 0 Å². The molecule has 2 fully saturated rings. The molecule has 0 saturated heterocycles. The Kier molecular flexibility index (Phi) is 3.90. The molecule has 0 amide bonds. The van der Waals surface area contributed by atoms with Crippen LogP contribution in [0.15, 0.2) is 24.3 Å². The van der Waals surface area contributed by atoms with Crippen molar-refractivity contribution in [1.29, 1.82) is 0 Å². The van der Waals surface area contributed by atoms with Crippen LogP contribution in [0.4, 0.5) is 0 Å².